The molecule has 1 N–H and O–H groups in total. The van der Waals surface area contributed by atoms with Crippen LogP contribution in [0.3, 0.4) is 0 Å². The maximum atomic E-state index is 12.8. The van der Waals surface area contributed by atoms with Crippen LogP contribution >= 0.6 is 0 Å². The minimum atomic E-state index is -0.744. The number of carbonyl (C=O) groups is 1. The Hall–Kier alpha value is -0.920. The summed E-state index contributed by atoms with van der Waals surface area (Å²) in [4.78, 5) is 12.8. The zero-order chi connectivity index (χ0) is 19.5. The molecule has 4 nitrogen and oxygen atoms in total. The van der Waals surface area contributed by atoms with Crippen molar-refractivity contribution < 1.29 is 14.6 Å². The second kappa shape index (κ2) is 4.97. The summed E-state index contributed by atoms with van der Waals surface area (Å²) in [6.45, 7) is 8.72. The highest BCUT2D eigenvalue weighted by Gasteiger charge is 2.84. The molecule has 1 heterocycles. The van der Waals surface area contributed by atoms with E-state index in [9.17, 15) is 15.2 Å². The topological polar surface area (TPSA) is 73.6 Å². The van der Waals surface area contributed by atoms with E-state index in [1.807, 2.05) is 6.92 Å². The minimum absolute atomic E-state index is 0.0105. The van der Waals surface area contributed by atoms with Gasteiger partial charge in [-0.1, -0.05) is 20.8 Å². The van der Waals surface area contributed by atoms with Gasteiger partial charge in [0.25, 0.3) is 0 Å². The molecule has 0 aromatic carbocycles. The zero-order valence-electron chi connectivity index (χ0n) is 17.2. The maximum Gasteiger partial charge on any atom is 0.184 e. The molecule has 3 unspecified atom stereocenters. The van der Waals surface area contributed by atoms with Crippen LogP contribution < -0.4 is 0 Å². The summed E-state index contributed by atoms with van der Waals surface area (Å²) in [5.74, 6) is 1.12. The van der Waals surface area contributed by atoms with Gasteiger partial charge < -0.3 is 9.84 Å². The average molecular weight is 372 g/mol. The molecule has 148 valence electrons. The molecule has 0 bridgehead atoms. The number of fused-ring (bicyclic) bond motifs is 4. The Balaban J connectivity index is 1.54. The van der Waals surface area contributed by atoms with E-state index in [0.29, 0.717) is 24.2 Å². The van der Waals surface area contributed by atoms with Gasteiger partial charge >= 0.3 is 0 Å². The van der Waals surface area contributed by atoms with Crippen LogP contribution in [0.1, 0.15) is 79.1 Å². The Morgan fingerprint density at radius 2 is 1.78 bits per heavy atom. The van der Waals surface area contributed by atoms with Crippen molar-refractivity contribution in [3.63, 3.8) is 0 Å². The van der Waals surface area contributed by atoms with Gasteiger partial charge in [-0.2, -0.15) is 5.26 Å². The van der Waals surface area contributed by atoms with Gasteiger partial charge in [0.15, 0.2) is 11.4 Å². The third-order valence-corrected chi connectivity index (χ3v) is 10.6. The highest BCUT2D eigenvalue weighted by molar-refractivity contribution is 5.96. The van der Waals surface area contributed by atoms with Crippen LogP contribution in [0.4, 0.5) is 0 Å². The molecule has 0 amide bonds. The number of hydrogen-bond acceptors (Lipinski definition) is 4. The molecule has 0 aromatic rings. The second-order valence-corrected chi connectivity index (χ2v) is 10.9. The van der Waals surface area contributed by atoms with Crippen LogP contribution in [-0.2, 0) is 9.53 Å². The first-order chi connectivity index (χ1) is 12.6. The van der Waals surface area contributed by atoms with E-state index < -0.39 is 17.1 Å². The highest BCUT2D eigenvalue weighted by Crippen LogP contribution is 2.76. The van der Waals surface area contributed by atoms with Crippen LogP contribution in [0, 0.1) is 45.8 Å². The second-order valence-electron chi connectivity index (χ2n) is 10.9. The molecule has 0 radical (unpaired) electrons. The third-order valence-electron chi connectivity index (χ3n) is 10.6. The first-order valence-electron chi connectivity index (χ1n) is 11.0. The largest absolute Gasteiger partial charge is 0.389 e. The Labute approximate surface area is 162 Å². The third kappa shape index (κ3) is 1.72. The predicted molar refractivity (Wildman–Crippen MR) is 101 cm³/mol. The predicted octanol–water partition coefficient (Wildman–Crippen LogP) is 4.01. The minimum Gasteiger partial charge on any atom is -0.389 e. The number of rotatable bonds is 1. The Bertz CT molecular complexity index is 759. The van der Waals surface area contributed by atoms with Crippen LogP contribution in [0.15, 0.2) is 0 Å². The lowest BCUT2D eigenvalue weighted by atomic mass is 9.42. The quantitative estimate of drug-likeness (QED) is 0.707. The number of carbonyl (C=O) groups excluding carboxylic acids is 1. The Kier molecular flexibility index (Phi) is 3.34. The lowest BCUT2D eigenvalue weighted by Gasteiger charge is -2.61. The van der Waals surface area contributed by atoms with Gasteiger partial charge in [-0.15, -0.1) is 0 Å². The van der Waals surface area contributed by atoms with E-state index in [1.54, 1.807) is 0 Å². The fourth-order valence-electron chi connectivity index (χ4n) is 8.92. The van der Waals surface area contributed by atoms with Gasteiger partial charge in [0.1, 0.15) is 11.5 Å². The van der Waals surface area contributed by atoms with Crippen molar-refractivity contribution in [3.05, 3.63) is 0 Å². The van der Waals surface area contributed by atoms with Crippen molar-refractivity contribution in [2.24, 2.45) is 34.5 Å². The van der Waals surface area contributed by atoms with Gasteiger partial charge in [-0.3, -0.25) is 4.79 Å². The number of Topliss-reactive ketones (excluding diaryl/α,β-unsaturated/α-hetero) is 1. The molecular formula is C23H33NO3. The van der Waals surface area contributed by atoms with E-state index in [4.69, 9.17) is 4.74 Å². The first-order valence-corrected chi connectivity index (χ1v) is 11.0. The smallest absolute Gasteiger partial charge is 0.184 e. The van der Waals surface area contributed by atoms with Crippen LogP contribution in [-0.4, -0.2) is 27.7 Å². The molecule has 1 spiro atoms. The normalized spacial score (nSPS) is 61.3. The number of nitrogens with zero attached hydrogens (tertiary/aromatic N) is 1. The van der Waals surface area contributed by atoms with Gasteiger partial charge in [0.2, 0.25) is 0 Å². The number of epoxide rings is 1. The fourth-order valence-corrected chi connectivity index (χ4v) is 8.92. The van der Waals surface area contributed by atoms with E-state index in [1.165, 1.54) is 0 Å². The van der Waals surface area contributed by atoms with Crippen molar-refractivity contribution in [1.82, 2.24) is 0 Å². The summed E-state index contributed by atoms with van der Waals surface area (Å²) >= 11 is 0. The van der Waals surface area contributed by atoms with Gasteiger partial charge in [0, 0.05) is 5.41 Å². The Morgan fingerprint density at radius 3 is 2.44 bits per heavy atom. The van der Waals surface area contributed by atoms with E-state index in [0.717, 1.165) is 44.9 Å². The van der Waals surface area contributed by atoms with Crippen LogP contribution in [0.2, 0.25) is 0 Å². The zero-order valence-corrected chi connectivity index (χ0v) is 17.2. The average Bonchev–Trinajstić information content (AvgIpc) is 3.19. The summed E-state index contributed by atoms with van der Waals surface area (Å²) in [5, 5.41) is 21.0. The fraction of sp³-hybridized carbons (Fsp3) is 0.913. The summed E-state index contributed by atoms with van der Waals surface area (Å²) in [7, 11) is 0. The number of aliphatic hydroxyl groups is 1. The molecule has 1 aliphatic heterocycles. The van der Waals surface area contributed by atoms with Crippen LogP contribution in [0.5, 0.6) is 0 Å². The molecule has 4 saturated carbocycles. The number of ether oxygens (including phenoxy) is 1. The SMILES string of the molecule is CC[C@@]1(O)CC[C@H]2[C@@H]3CCC45OC4(C)C(=O)C(C#N)C[C@]5(C)[C@H]3CC[C@@]21C. The lowest BCUT2D eigenvalue weighted by molar-refractivity contribution is -0.158. The summed E-state index contributed by atoms with van der Waals surface area (Å²) in [6.07, 6.45) is 7.70. The van der Waals surface area contributed by atoms with Crippen molar-refractivity contribution in [3.8, 4) is 6.07 Å². The van der Waals surface area contributed by atoms with Crippen molar-refractivity contribution in [2.75, 3.05) is 0 Å². The molecule has 5 rings (SSSR count). The van der Waals surface area contributed by atoms with Gasteiger partial charge in [0.05, 0.1) is 11.7 Å². The van der Waals surface area contributed by atoms with Gasteiger partial charge in [-0.05, 0) is 81.5 Å². The molecule has 0 aromatic heterocycles. The summed E-state index contributed by atoms with van der Waals surface area (Å²) in [5.41, 5.74) is -1.71. The van der Waals surface area contributed by atoms with E-state index >= 15 is 0 Å². The molecule has 4 aliphatic carbocycles. The highest BCUT2D eigenvalue weighted by atomic mass is 16.6. The molecule has 5 aliphatic rings. The summed E-state index contributed by atoms with van der Waals surface area (Å²) in [6, 6.07) is 2.29. The maximum absolute atomic E-state index is 12.8. The molecule has 27 heavy (non-hydrogen) atoms. The standard InChI is InChI=1S/C23H33NO3/c1-5-22(26)10-8-16-15-6-11-23-20(3,17(15)7-9-19(16,22)2)12-14(13-24)18(25)21(23,4)27-23/h14-17,26H,5-12H2,1-4H3/t14?,15-,16-,17-,19-,20+,21?,22+,23?/m0/s1. The first kappa shape index (κ1) is 18.1. The van der Waals surface area contributed by atoms with Crippen molar-refractivity contribution in [2.45, 2.75) is 95.9 Å². The lowest BCUT2D eigenvalue weighted by Crippen LogP contribution is -2.62. The molecule has 5 fully saturated rings. The monoisotopic (exact) mass is 371 g/mol. The molecule has 9 atom stereocenters. The number of nitriles is 1. The van der Waals surface area contributed by atoms with Crippen LogP contribution in [0.25, 0.3) is 0 Å². The van der Waals surface area contributed by atoms with Crippen molar-refractivity contribution >= 4 is 5.78 Å². The number of hydrogen-bond donors (Lipinski definition) is 1. The molecule has 1 saturated heterocycles. The molecule has 4 heteroatoms. The summed E-state index contributed by atoms with van der Waals surface area (Å²) < 4.78 is 6.30. The van der Waals surface area contributed by atoms with Crippen molar-refractivity contribution in [1.29, 1.82) is 5.26 Å². The number of ketones is 1. The Morgan fingerprint density at radius 1 is 1.11 bits per heavy atom. The van der Waals surface area contributed by atoms with E-state index in [-0.39, 0.29) is 22.2 Å². The molecular weight excluding hydrogens is 338 g/mol. The van der Waals surface area contributed by atoms with E-state index in [2.05, 4.69) is 26.8 Å². The van der Waals surface area contributed by atoms with Gasteiger partial charge in [-0.25, -0.2) is 0 Å².